The monoisotopic (exact) mass is 511 g/mol. The molecule has 0 aromatic heterocycles. The highest BCUT2D eigenvalue weighted by atomic mass is 19.4. The first kappa shape index (κ1) is 25.5. The number of nitrogens with zero attached hydrogens (tertiary/aromatic N) is 1. The second-order valence-electron chi connectivity index (χ2n) is 8.06. The molecule has 1 heterocycles. The summed E-state index contributed by atoms with van der Waals surface area (Å²) in [6, 6.07) is 14.5. The quantitative estimate of drug-likeness (QED) is 0.221. The Hall–Kier alpha value is -4.60. The first-order chi connectivity index (χ1) is 17.6. The zero-order chi connectivity index (χ0) is 26.9. The predicted molar refractivity (Wildman–Crippen MR) is 127 cm³/mol. The average molecular weight is 511 g/mol. The van der Waals surface area contributed by atoms with Crippen LogP contribution in [0.4, 0.5) is 18.9 Å². The van der Waals surface area contributed by atoms with Crippen molar-refractivity contribution in [3.8, 4) is 5.75 Å². The van der Waals surface area contributed by atoms with Crippen molar-refractivity contribution in [2.24, 2.45) is 0 Å². The number of rotatable bonds is 5. The highest BCUT2D eigenvalue weighted by Crippen LogP contribution is 2.43. The zero-order valence-electron chi connectivity index (χ0n) is 19.6. The molecule has 1 aliphatic rings. The van der Waals surface area contributed by atoms with Crippen LogP contribution in [-0.4, -0.2) is 37.0 Å². The normalized spacial score (nSPS) is 17.1. The molecule has 1 saturated heterocycles. The van der Waals surface area contributed by atoms with Crippen molar-refractivity contribution < 1.29 is 42.1 Å². The Bertz CT molecular complexity index is 1380. The van der Waals surface area contributed by atoms with Crippen LogP contribution < -0.4 is 9.64 Å². The van der Waals surface area contributed by atoms with Gasteiger partial charge in [0.15, 0.2) is 0 Å². The SMILES string of the molecule is COC(=O)c1ccc(C2/C(=C(/O)c3ccc(OC)cc3)C(=O)C(=O)N2c2ccc(C(F)(F)F)cc2)cc1. The Morgan fingerprint density at radius 1 is 0.865 bits per heavy atom. The summed E-state index contributed by atoms with van der Waals surface area (Å²) in [5.74, 6) is -2.64. The fraction of sp³-hybridized carbons (Fsp3) is 0.148. The van der Waals surface area contributed by atoms with Gasteiger partial charge in [0, 0.05) is 11.3 Å². The van der Waals surface area contributed by atoms with E-state index in [9.17, 15) is 32.7 Å². The van der Waals surface area contributed by atoms with Crippen LogP contribution in [0.25, 0.3) is 5.76 Å². The minimum absolute atomic E-state index is 0.0194. The van der Waals surface area contributed by atoms with E-state index < -0.39 is 41.2 Å². The van der Waals surface area contributed by atoms with E-state index in [0.717, 1.165) is 29.2 Å². The Kier molecular flexibility index (Phi) is 6.76. The lowest BCUT2D eigenvalue weighted by Gasteiger charge is -2.26. The number of aliphatic hydroxyl groups excluding tert-OH is 1. The van der Waals surface area contributed by atoms with Gasteiger partial charge in [-0.1, -0.05) is 12.1 Å². The maximum Gasteiger partial charge on any atom is 0.416 e. The van der Waals surface area contributed by atoms with E-state index in [1.54, 1.807) is 12.1 Å². The second kappa shape index (κ2) is 9.81. The molecule has 3 aromatic carbocycles. The molecule has 4 rings (SSSR count). The van der Waals surface area contributed by atoms with E-state index in [1.807, 2.05) is 0 Å². The molecule has 37 heavy (non-hydrogen) atoms. The molecule has 10 heteroatoms. The van der Waals surface area contributed by atoms with Crippen molar-refractivity contribution in [1.29, 1.82) is 0 Å². The van der Waals surface area contributed by atoms with Gasteiger partial charge in [-0.05, 0) is 66.2 Å². The van der Waals surface area contributed by atoms with E-state index in [2.05, 4.69) is 0 Å². The molecule has 190 valence electrons. The first-order valence-electron chi connectivity index (χ1n) is 10.9. The molecule has 0 saturated carbocycles. The smallest absolute Gasteiger partial charge is 0.416 e. The molecule has 1 atom stereocenters. The van der Waals surface area contributed by atoms with Gasteiger partial charge in [-0.3, -0.25) is 14.5 Å². The third-order valence-corrected chi connectivity index (χ3v) is 5.93. The number of hydrogen-bond acceptors (Lipinski definition) is 6. The van der Waals surface area contributed by atoms with Gasteiger partial charge in [0.2, 0.25) is 0 Å². The summed E-state index contributed by atoms with van der Waals surface area (Å²) in [6.45, 7) is 0. The van der Waals surface area contributed by atoms with Crippen molar-refractivity contribution in [1.82, 2.24) is 0 Å². The molecule has 0 spiro atoms. The maximum absolute atomic E-state index is 13.2. The average Bonchev–Trinajstić information content (AvgIpc) is 3.17. The number of esters is 1. The summed E-state index contributed by atoms with van der Waals surface area (Å²) < 4.78 is 49.1. The molecule has 0 radical (unpaired) electrons. The predicted octanol–water partition coefficient (Wildman–Crippen LogP) is 5.13. The number of hydrogen-bond donors (Lipinski definition) is 1. The van der Waals surface area contributed by atoms with Crippen LogP contribution in [0.1, 0.15) is 33.1 Å². The molecule has 1 unspecified atom stereocenters. The van der Waals surface area contributed by atoms with Crippen molar-refractivity contribution in [3.05, 3.63) is 101 Å². The molecule has 0 aliphatic carbocycles. The molecular weight excluding hydrogens is 491 g/mol. The number of benzene rings is 3. The molecule has 0 bridgehead atoms. The highest BCUT2D eigenvalue weighted by Gasteiger charge is 2.47. The third-order valence-electron chi connectivity index (χ3n) is 5.93. The summed E-state index contributed by atoms with van der Waals surface area (Å²) in [7, 11) is 2.67. The molecule has 1 fully saturated rings. The lowest BCUT2D eigenvalue weighted by Crippen LogP contribution is -2.29. The summed E-state index contributed by atoms with van der Waals surface area (Å²) in [6.07, 6.45) is -4.59. The minimum Gasteiger partial charge on any atom is -0.507 e. The standard InChI is InChI=1S/C27H20F3NO6/c1-36-20-13-7-16(8-14-20)23(32)21-22(15-3-5-17(6-4-15)26(35)37-2)31(25(34)24(21)33)19-11-9-18(10-12-19)27(28,29)30/h3-14,22,32H,1-2H3/b23-21-. The van der Waals surface area contributed by atoms with Gasteiger partial charge in [0.25, 0.3) is 11.7 Å². The van der Waals surface area contributed by atoms with E-state index in [4.69, 9.17) is 9.47 Å². The fourth-order valence-electron chi connectivity index (χ4n) is 4.05. The molecule has 7 nitrogen and oxygen atoms in total. The number of amides is 1. The lowest BCUT2D eigenvalue weighted by atomic mass is 9.94. The van der Waals surface area contributed by atoms with Crippen LogP contribution in [-0.2, 0) is 20.5 Å². The molecule has 1 aliphatic heterocycles. The van der Waals surface area contributed by atoms with Gasteiger partial charge < -0.3 is 14.6 Å². The second-order valence-corrected chi connectivity index (χ2v) is 8.06. The number of anilines is 1. The summed E-state index contributed by atoms with van der Waals surface area (Å²) in [5, 5.41) is 11.1. The number of carbonyl (C=O) groups excluding carboxylic acids is 3. The van der Waals surface area contributed by atoms with Crippen LogP contribution in [0.15, 0.2) is 78.4 Å². The Morgan fingerprint density at radius 3 is 1.95 bits per heavy atom. The number of methoxy groups -OCH3 is 2. The van der Waals surface area contributed by atoms with Crippen molar-refractivity contribution in [2.45, 2.75) is 12.2 Å². The van der Waals surface area contributed by atoms with Crippen molar-refractivity contribution in [2.75, 3.05) is 19.1 Å². The zero-order valence-corrected chi connectivity index (χ0v) is 19.6. The van der Waals surface area contributed by atoms with Crippen LogP contribution in [0.5, 0.6) is 5.75 Å². The number of aliphatic hydroxyl groups is 1. The molecular formula is C27H20F3NO6. The number of carbonyl (C=O) groups is 3. The number of alkyl halides is 3. The van der Waals surface area contributed by atoms with Crippen molar-refractivity contribution in [3.63, 3.8) is 0 Å². The maximum atomic E-state index is 13.2. The van der Waals surface area contributed by atoms with Gasteiger partial charge in [-0.2, -0.15) is 13.2 Å². The molecule has 3 aromatic rings. The number of Topliss-reactive ketones (excluding diaryl/α,β-unsaturated/α-hetero) is 1. The summed E-state index contributed by atoms with van der Waals surface area (Å²) >= 11 is 0. The first-order valence-corrected chi connectivity index (χ1v) is 10.9. The topological polar surface area (TPSA) is 93.1 Å². The number of ether oxygens (including phenoxy) is 2. The van der Waals surface area contributed by atoms with Gasteiger partial charge in [-0.25, -0.2) is 4.79 Å². The van der Waals surface area contributed by atoms with E-state index in [1.165, 1.54) is 50.6 Å². The van der Waals surface area contributed by atoms with Crippen LogP contribution >= 0.6 is 0 Å². The van der Waals surface area contributed by atoms with E-state index in [0.29, 0.717) is 11.3 Å². The number of halogens is 3. The Balaban J connectivity index is 1.88. The largest absolute Gasteiger partial charge is 0.507 e. The van der Waals surface area contributed by atoms with E-state index >= 15 is 0 Å². The Labute approximate surface area is 209 Å². The Morgan fingerprint density at radius 2 is 1.43 bits per heavy atom. The number of ketones is 1. The van der Waals surface area contributed by atoms with Gasteiger partial charge in [0.1, 0.15) is 11.5 Å². The van der Waals surface area contributed by atoms with E-state index in [-0.39, 0.29) is 22.4 Å². The molecule has 1 amide bonds. The van der Waals surface area contributed by atoms with Crippen LogP contribution in [0.3, 0.4) is 0 Å². The van der Waals surface area contributed by atoms with Crippen LogP contribution in [0, 0.1) is 0 Å². The van der Waals surface area contributed by atoms with Gasteiger partial charge >= 0.3 is 12.1 Å². The molecule has 1 N–H and O–H groups in total. The lowest BCUT2D eigenvalue weighted by molar-refractivity contribution is -0.137. The summed E-state index contributed by atoms with van der Waals surface area (Å²) in [4.78, 5) is 39.2. The van der Waals surface area contributed by atoms with Crippen molar-refractivity contribution >= 4 is 29.1 Å². The third kappa shape index (κ3) is 4.77. The van der Waals surface area contributed by atoms with Gasteiger partial charge in [0.05, 0.1) is 37.0 Å². The minimum atomic E-state index is -4.59. The van der Waals surface area contributed by atoms with Crippen LogP contribution in [0.2, 0.25) is 0 Å². The highest BCUT2D eigenvalue weighted by molar-refractivity contribution is 6.51. The fourth-order valence-corrected chi connectivity index (χ4v) is 4.05. The summed E-state index contributed by atoms with van der Waals surface area (Å²) in [5.41, 5.74) is -0.408. The van der Waals surface area contributed by atoms with Gasteiger partial charge in [-0.15, -0.1) is 0 Å².